The lowest BCUT2D eigenvalue weighted by molar-refractivity contribution is -0.387. The van der Waals surface area contributed by atoms with Crippen molar-refractivity contribution in [3.63, 3.8) is 0 Å². The summed E-state index contributed by atoms with van der Waals surface area (Å²) in [7, 11) is 0. The monoisotopic (exact) mass is 326 g/mol. The SMILES string of the molecule is O=C(N[C@@H](Cc1ccc(F)c([N+](=O)[O-])c1)C(=O)O)[C@@H]1CCOC1. The Hall–Kier alpha value is -2.55. The van der Waals surface area contributed by atoms with Crippen LogP contribution in [0, 0.1) is 21.8 Å². The van der Waals surface area contributed by atoms with Crippen LogP contribution in [0.4, 0.5) is 10.1 Å². The molecule has 8 nitrogen and oxygen atoms in total. The second-order valence-corrected chi connectivity index (χ2v) is 5.21. The number of benzene rings is 1. The first-order valence-electron chi connectivity index (χ1n) is 6.92. The van der Waals surface area contributed by atoms with Crippen LogP contribution in [-0.4, -0.2) is 41.2 Å². The Morgan fingerprint density at radius 2 is 2.26 bits per heavy atom. The van der Waals surface area contributed by atoms with Crippen molar-refractivity contribution in [3.05, 3.63) is 39.7 Å². The van der Waals surface area contributed by atoms with Crippen LogP contribution in [0.25, 0.3) is 0 Å². The van der Waals surface area contributed by atoms with E-state index in [1.54, 1.807) is 0 Å². The third kappa shape index (κ3) is 4.22. The van der Waals surface area contributed by atoms with E-state index in [4.69, 9.17) is 4.74 Å². The lowest BCUT2D eigenvalue weighted by Gasteiger charge is -2.17. The molecule has 0 aliphatic carbocycles. The summed E-state index contributed by atoms with van der Waals surface area (Å²) in [4.78, 5) is 33.1. The first-order valence-corrected chi connectivity index (χ1v) is 6.92. The van der Waals surface area contributed by atoms with E-state index < -0.39 is 40.3 Å². The zero-order valence-electron chi connectivity index (χ0n) is 12.0. The molecule has 0 saturated carbocycles. The van der Waals surface area contributed by atoms with Crippen LogP contribution >= 0.6 is 0 Å². The third-order valence-electron chi connectivity index (χ3n) is 3.56. The molecular formula is C14H15FN2O6. The number of nitrogens with one attached hydrogen (secondary N) is 1. The molecule has 0 bridgehead atoms. The number of hydrogen-bond acceptors (Lipinski definition) is 5. The fraction of sp³-hybridized carbons (Fsp3) is 0.429. The van der Waals surface area contributed by atoms with E-state index in [1.165, 1.54) is 6.07 Å². The van der Waals surface area contributed by atoms with Gasteiger partial charge in [0.05, 0.1) is 17.4 Å². The van der Waals surface area contributed by atoms with Crippen LogP contribution in [0.1, 0.15) is 12.0 Å². The van der Waals surface area contributed by atoms with Crippen molar-refractivity contribution in [2.24, 2.45) is 5.92 Å². The minimum absolute atomic E-state index is 0.185. The molecule has 1 amide bonds. The Morgan fingerprint density at radius 1 is 1.52 bits per heavy atom. The van der Waals surface area contributed by atoms with Gasteiger partial charge in [-0.25, -0.2) is 4.79 Å². The Balaban J connectivity index is 2.10. The third-order valence-corrected chi connectivity index (χ3v) is 3.56. The summed E-state index contributed by atoms with van der Waals surface area (Å²) in [5, 5.41) is 22.3. The maximum atomic E-state index is 13.3. The zero-order valence-corrected chi connectivity index (χ0v) is 12.0. The highest BCUT2D eigenvalue weighted by Gasteiger charge is 2.28. The summed E-state index contributed by atoms with van der Waals surface area (Å²) in [6, 6.07) is 1.87. The van der Waals surface area contributed by atoms with Gasteiger partial charge in [-0.3, -0.25) is 14.9 Å². The number of hydrogen-bond donors (Lipinski definition) is 2. The minimum Gasteiger partial charge on any atom is -0.480 e. The molecule has 1 fully saturated rings. The van der Waals surface area contributed by atoms with Crippen molar-refractivity contribution >= 4 is 17.6 Å². The van der Waals surface area contributed by atoms with Gasteiger partial charge >= 0.3 is 11.7 Å². The standard InChI is InChI=1S/C14H15FN2O6/c15-10-2-1-8(6-12(10)17(21)22)5-11(14(19)20)16-13(18)9-3-4-23-7-9/h1-2,6,9,11H,3-5,7H2,(H,16,18)(H,19,20)/t9-,11+/m1/s1. The second-order valence-electron chi connectivity index (χ2n) is 5.21. The van der Waals surface area contributed by atoms with E-state index in [0.717, 1.165) is 12.1 Å². The molecule has 0 spiro atoms. The Labute approximate surface area is 130 Å². The summed E-state index contributed by atoms with van der Waals surface area (Å²) < 4.78 is 18.4. The van der Waals surface area contributed by atoms with Crippen molar-refractivity contribution in [3.8, 4) is 0 Å². The summed E-state index contributed by atoms with van der Waals surface area (Å²) >= 11 is 0. The number of carbonyl (C=O) groups excluding carboxylic acids is 1. The van der Waals surface area contributed by atoms with Crippen molar-refractivity contribution in [2.75, 3.05) is 13.2 Å². The Bertz CT molecular complexity index is 630. The molecule has 1 aromatic carbocycles. The van der Waals surface area contributed by atoms with E-state index in [0.29, 0.717) is 13.0 Å². The molecule has 1 aromatic rings. The predicted molar refractivity (Wildman–Crippen MR) is 75.3 cm³/mol. The average molecular weight is 326 g/mol. The highest BCUT2D eigenvalue weighted by molar-refractivity contribution is 5.85. The second kappa shape index (κ2) is 7.14. The van der Waals surface area contributed by atoms with Crippen LogP contribution in [0.2, 0.25) is 0 Å². The molecule has 0 aromatic heterocycles. The van der Waals surface area contributed by atoms with Gasteiger partial charge in [0.25, 0.3) is 0 Å². The molecular weight excluding hydrogens is 311 g/mol. The van der Waals surface area contributed by atoms with Crippen molar-refractivity contribution in [2.45, 2.75) is 18.9 Å². The molecule has 1 aliphatic rings. The number of halogens is 1. The lowest BCUT2D eigenvalue weighted by Crippen LogP contribution is -2.45. The summed E-state index contributed by atoms with van der Waals surface area (Å²) in [5.74, 6) is -3.12. The molecule has 23 heavy (non-hydrogen) atoms. The summed E-state index contributed by atoms with van der Waals surface area (Å²) in [6.45, 7) is 0.681. The van der Waals surface area contributed by atoms with Gasteiger partial charge in [-0.05, 0) is 18.1 Å². The predicted octanol–water partition coefficient (Wildman–Crippen LogP) is 0.882. The molecule has 1 heterocycles. The quantitative estimate of drug-likeness (QED) is 0.592. The van der Waals surface area contributed by atoms with Crippen LogP contribution in [0.15, 0.2) is 18.2 Å². The van der Waals surface area contributed by atoms with E-state index in [-0.39, 0.29) is 18.6 Å². The van der Waals surface area contributed by atoms with Crippen molar-refractivity contribution in [1.82, 2.24) is 5.32 Å². The van der Waals surface area contributed by atoms with E-state index in [9.17, 15) is 29.2 Å². The number of carboxylic acids is 1. The maximum absolute atomic E-state index is 13.3. The Kier molecular flexibility index (Phi) is 5.22. The van der Waals surface area contributed by atoms with E-state index in [2.05, 4.69) is 5.32 Å². The molecule has 0 unspecified atom stereocenters. The van der Waals surface area contributed by atoms with E-state index >= 15 is 0 Å². The number of carboxylic acid groups (broad SMARTS) is 1. The largest absolute Gasteiger partial charge is 0.480 e. The molecule has 9 heteroatoms. The maximum Gasteiger partial charge on any atom is 0.326 e. The topological polar surface area (TPSA) is 119 Å². The number of ether oxygens (including phenoxy) is 1. The van der Waals surface area contributed by atoms with E-state index in [1.807, 2.05) is 0 Å². The van der Waals surface area contributed by atoms with Gasteiger partial charge in [0.15, 0.2) is 0 Å². The van der Waals surface area contributed by atoms with Crippen LogP contribution in [0.3, 0.4) is 0 Å². The van der Waals surface area contributed by atoms with Crippen molar-refractivity contribution < 1.29 is 28.7 Å². The first kappa shape index (κ1) is 16.8. The smallest absolute Gasteiger partial charge is 0.326 e. The normalized spacial score (nSPS) is 18.4. The van der Waals surface area contributed by atoms with Crippen LogP contribution in [-0.2, 0) is 20.7 Å². The van der Waals surface area contributed by atoms with Gasteiger partial charge in [-0.2, -0.15) is 4.39 Å². The summed E-state index contributed by atoms with van der Waals surface area (Å²) in [6.07, 6.45) is 0.329. The number of nitrogens with zero attached hydrogens (tertiary/aromatic N) is 1. The lowest BCUT2D eigenvalue weighted by atomic mass is 10.0. The van der Waals surface area contributed by atoms with Crippen LogP contribution < -0.4 is 5.32 Å². The molecule has 2 N–H and O–H groups in total. The molecule has 0 radical (unpaired) electrons. The number of nitro benzene ring substituents is 1. The van der Waals surface area contributed by atoms with Gasteiger partial charge in [0.2, 0.25) is 11.7 Å². The minimum atomic E-state index is -1.27. The highest BCUT2D eigenvalue weighted by atomic mass is 19.1. The number of amides is 1. The van der Waals surface area contributed by atoms with Gasteiger partial charge in [0.1, 0.15) is 6.04 Å². The van der Waals surface area contributed by atoms with Crippen molar-refractivity contribution in [1.29, 1.82) is 0 Å². The zero-order chi connectivity index (χ0) is 17.0. The fourth-order valence-corrected chi connectivity index (χ4v) is 2.29. The molecule has 1 saturated heterocycles. The number of aliphatic carboxylic acids is 1. The molecule has 124 valence electrons. The van der Waals surface area contributed by atoms with Gasteiger partial charge in [-0.15, -0.1) is 0 Å². The fourth-order valence-electron chi connectivity index (χ4n) is 2.29. The highest BCUT2D eigenvalue weighted by Crippen LogP contribution is 2.20. The van der Waals surface area contributed by atoms with Crippen LogP contribution in [0.5, 0.6) is 0 Å². The van der Waals surface area contributed by atoms with Gasteiger partial charge in [0, 0.05) is 19.1 Å². The molecule has 2 atom stereocenters. The Morgan fingerprint density at radius 3 is 2.83 bits per heavy atom. The number of nitro groups is 1. The van der Waals surface area contributed by atoms with Gasteiger partial charge < -0.3 is 15.2 Å². The molecule has 1 aliphatic heterocycles. The number of carbonyl (C=O) groups is 2. The number of rotatable bonds is 6. The first-order chi connectivity index (χ1) is 10.9. The molecule has 2 rings (SSSR count). The van der Waals surface area contributed by atoms with Gasteiger partial charge in [-0.1, -0.05) is 6.07 Å². The average Bonchev–Trinajstić information content (AvgIpc) is 3.02. The summed E-state index contributed by atoms with van der Waals surface area (Å²) in [5.41, 5.74) is -0.490.